The van der Waals surface area contributed by atoms with Gasteiger partial charge in [-0.3, -0.25) is 0 Å². The number of aliphatic hydroxyl groups is 1. The van der Waals surface area contributed by atoms with Gasteiger partial charge in [-0.2, -0.15) is 0 Å². The number of nitrogen functional groups attached to an aromatic ring is 1. The lowest BCUT2D eigenvalue weighted by atomic mass is 9.80. The van der Waals surface area contributed by atoms with E-state index in [9.17, 15) is 5.11 Å². The van der Waals surface area contributed by atoms with Gasteiger partial charge in [-0.05, 0) is 39.2 Å². The monoisotopic (exact) mass is 248 g/mol. The molecule has 5 heteroatoms. The van der Waals surface area contributed by atoms with Gasteiger partial charge in [0.1, 0.15) is 0 Å². The van der Waals surface area contributed by atoms with Crippen LogP contribution in [-0.4, -0.2) is 30.0 Å². The van der Waals surface area contributed by atoms with Crippen LogP contribution in [0.4, 0.5) is 5.69 Å². The number of nitrogens with one attached hydrogen (secondary N) is 1. The van der Waals surface area contributed by atoms with Crippen LogP contribution < -0.4 is 11.2 Å². The zero-order chi connectivity index (χ0) is 14.0. The third-order valence-electron chi connectivity index (χ3n) is 3.44. The van der Waals surface area contributed by atoms with Gasteiger partial charge in [0.05, 0.1) is 11.2 Å². The van der Waals surface area contributed by atoms with Crippen molar-refractivity contribution in [3.63, 3.8) is 0 Å². The van der Waals surface area contributed by atoms with Crippen molar-refractivity contribution in [2.45, 2.75) is 38.9 Å². The topological polar surface area (TPSA) is 79.3 Å². The summed E-state index contributed by atoms with van der Waals surface area (Å²) in [6.45, 7) is 7.10. The van der Waals surface area contributed by atoms with E-state index in [2.05, 4.69) is 0 Å². The summed E-state index contributed by atoms with van der Waals surface area (Å²) >= 11 is 0. The Morgan fingerprint density at radius 2 is 1.94 bits per heavy atom. The van der Waals surface area contributed by atoms with Crippen molar-refractivity contribution in [1.82, 2.24) is 0 Å². The highest BCUT2D eigenvalue weighted by Crippen LogP contribution is 2.24. The van der Waals surface area contributed by atoms with Crippen molar-refractivity contribution in [3.8, 4) is 0 Å². The summed E-state index contributed by atoms with van der Waals surface area (Å²) in [4.78, 5) is 0. The first-order valence-electron chi connectivity index (χ1n) is 5.93. The van der Waals surface area contributed by atoms with Gasteiger partial charge in [0.25, 0.3) is 0 Å². The quantitative estimate of drug-likeness (QED) is 0.410. The minimum absolute atomic E-state index is 0.312. The summed E-state index contributed by atoms with van der Waals surface area (Å²) in [6.07, 6.45) is 1.23. The Labute approximate surface area is 109 Å². The number of hydrogen-bond acceptors (Lipinski definition) is 4. The summed E-state index contributed by atoms with van der Waals surface area (Å²) in [5.41, 5.74) is 6.25. The summed E-state index contributed by atoms with van der Waals surface area (Å²) in [7, 11) is 0.312. The van der Waals surface area contributed by atoms with Crippen molar-refractivity contribution in [2.24, 2.45) is 0 Å². The van der Waals surface area contributed by atoms with Crippen LogP contribution >= 0.6 is 0 Å². The van der Waals surface area contributed by atoms with Gasteiger partial charge in [-0.1, -0.05) is 12.1 Å². The van der Waals surface area contributed by atoms with Gasteiger partial charge in [0.2, 0.25) is 0 Å². The predicted octanol–water partition coefficient (Wildman–Crippen LogP) is 0.809. The van der Waals surface area contributed by atoms with Crippen molar-refractivity contribution < 1.29 is 9.76 Å². The molecule has 0 aliphatic carbocycles. The van der Waals surface area contributed by atoms with E-state index in [4.69, 9.17) is 15.8 Å². The second-order valence-electron chi connectivity index (χ2n) is 5.42. The van der Waals surface area contributed by atoms with Crippen LogP contribution in [-0.2, 0) is 4.65 Å². The Morgan fingerprint density at radius 1 is 1.33 bits per heavy atom. The SMILES string of the molecule is CC(C)(O)C(C)(C)OBc1cccc(N)c1C=N. The Morgan fingerprint density at radius 3 is 2.44 bits per heavy atom. The molecular weight excluding hydrogens is 227 g/mol. The molecule has 4 N–H and O–H groups in total. The van der Waals surface area contributed by atoms with Crippen LogP contribution in [0.15, 0.2) is 18.2 Å². The maximum Gasteiger partial charge on any atom is 0.310 e. The average molecular weight is 248 g/mol. The number of anilines is 1. The van der Waals surface area contributed by atoms with Crippen molar-refractivity contribution in [1.29, 1.82) is 5.41 Å². The third-order valence-corrected chi connectivity index (χ3v) is 3.44. The lowest BCUT2D eigenvalue weighted by Crippen LogP contribution is -2.49. The normalized spacial score (nSPS) is 12.3. The molecular formula is C13H21BN2O2. The molecule has 0 aliphatic rings. The fraction of sp³-hybridized carbons (Fsp3) is 0.462. The first kappa shape index (κ1) is 14.7. The van der Waals surface area contributed by atoms with Gasteiger partial charge in [-0.15, -0.1) is 0 Å². The van der Waals surface area contributed by atoms with Crippen LogP contribution in [0, 0.1) is 5.41 Å². The van der Waals surface area contributed by atoms with E-state index in [0.717, 1.165) is 5.46 Å². The molecule has 0 amide bonds. The highest BCUT2D eigenvalue weighted by Gasteiger charge is 2.35. The zero-order valence-electron chi connectivity index (χ0n) is 11.4. The average Bonchev–Trinajstić information content (AvgIpc) is 2.25. The van der Waals surface area contributed by atoms with E-state index >= 15 is 0 Å². The summed E-state index contributed by atoms with van der Waals surface area (Å²) in [6, 6.07) is 5.46. The van der Waals surface area contributed by atoms with Crippen molar-refractivity contribution in [3.05, 3.63) is 23.8 Å². The van der Waals surface area contributed by atoms with Gasteiger partial charge < -0.3 is 20.9 Å². The molecule has 0 aromatic heterocycles. The minimum atomic E-state index is -0.946. The Hall–Kier alpha value is -1.33. The summed E-state index contributed by atoms with van der Waals surface area (Å²) < 4.78 is 5.77. The first-order chi connectivity index (χ1) is 8.19. The van der Waals surface area contributed by atoms with Crippen LogP contribution in [0.3, 0.4) is 0 Å². The molecule has 0 heterocycles. The molecule has 0 spiro atoms. The number of hydrogen-bond donors (Lipinski definition) is 3. The van der Waals surface area contributed by atoms with E-state index in [-0.39, 0.29) is 0 Å². The molecule has 18 heavy (non-hydrogen) atoms. The summed E-state index contributed by atoms with van der Waals surface area (Å²) in [5.74, 6) is 0. The second-order valence-corrected chi connectivity index (χ2v) is 5.42. The molecule has 0 fully saturated rings. The van der Waals surface area contributed by atoms with E-state index in [1.54, 1.807) is 19.9 Å². The Balaban J connectivity index is 2.88. The van der Waals surface area contributed by atoms with Crippen molar-refractivity contribution in [2.75, 3.05) is 5.73 Å². The highest BCUT2D eigenvalue weighted by atomic mass is 16.5. The van der Waals surface area contributed by atoms with Gasteiger partial charge in [0.15, 0.2) is 0 Å². The third kappa shape index (κ3) is 3.12. The van der Waals surface area contributed by atoms with Gasteiger partial charge in [0, 0.05) is 17.5 Å². The molecule has 0 bridgehead atoms. The first-order valence-corrected chi connectivity index (χ1v) is 5.93. The van der Waals surface area contributed by atoms with Crippen LogP contribution in [0.25, 0.3) is 0 Å². The Kier molecular flexibility index (Phi) is 4.19. The number of benzene rings is 1. The standard InChI is InChI=1S/C13H21BN2O2/c1-12(2,17)13(3,4)18-14-10-6-5-7-11(16)9(10)8-15/h5-8,14-15,17H,16H2,1-4H3. The van der Waals surface area contributed by atoms with Crippen molar-refractivity contribution >= 4 is 24.8 Å². The zero-order valence-corrected chi connectivity index (χ0v) is 11.4. The van der Waals surface area contributed by atoms with Crippen LogP contribution in [0.5, 0.6) is 0 Å². The Bertz CT molecular complexity index is 439. The number of rotatable bonds is 5. The molecule has 0 saturated carbocycles. The molecule has 1 aromatic rings. The smallest absolute Gasteiger partial charge is 0.310 e. The highest BCUT2D eigenvalue weighted by molar-refractivity contribution is 6.49. The van der Waals surface area contributed by atoms with E-state index < -0.39 is 11.2 Å². The lowest BCUT2D eigenvalue weighted by molar-refractivity contribution is -0.0893. The molecule has 1 rings (SSSR count). The maximum atomic E-state index is 10.0. The fourth-order valence-corrected chi connectivity index (χ4v) is 1.37. The molecule has 1 aromatic carbocycles. The van der Waals surface area contributed by atoms with E-state index in [1.807, 2.05) is 26.0 Å². The second kappa shape index (κ2) is 5.12. The van der Waals surface area contributed by atoms with Gasteiger partial charge in [-0.25, -0.2) is 0 Å². The molecule has 0 atom stereocenters. The molecule has 0 radical (unpaired) electrons. The molecule has 4 nitrogen and oxygen atoms in total. The molecule has 0 unspecified atom stereocenters. The van der Waals surface area contributed by atoms with Gasteiger partial charge >= 0.3 is 7.48 Å². The number of nitrogens with two attached hydrogens (primary N) is 1. The fourth-order valence-electron chi connectivity index (χ4n) is 1.37. The summed E-state index contributed by atoms with van der Waals surface area (Å²) in [5, 5.41) is 17.4. The van der Waals surface area contributed by atoms with Crippen LogP contribution in [0.2, 0.25) is 0 Å². The molecule has 98 valence electrons. The van der Waals surface area contributed by atoms with E-state index in [1.165, 1.54) is 6.21 Å². The molecule has 0 aliphatic heterocycles. The molecule has 0 saturated heterocycles. The predicted molar refractivity (Wildman–Crippen MR) is 77.0 cm³/mol. The van der Waals surface area contributed by atoms with E-state index in [0.29, 0.717) is 18.7 Å². The largest absolute Gasteiger partial charge is 0.427 e. The maximum absolute atomic E-state index is 10.0. The minimum Gasteiger partial charge on any atom is -0.427 e. The van der Waals surface area contributed by atoms with Crippen LogP contribution in [0.1, 0.15) is 33.3 Å². The lowest BCUT2D eigenvalue weighted by Gasteiger charge is -2.37.